The first-order valence-electron chi connectivity index (χ1n) is 4.96. The number of methoxy groups -OCH3 is 1. The van der Waals surface area contributed by atoms with E-state index in [4.69, 9.17) is 5.73 Å². The first-order chi connectivity index (χ1) is 7.97. The van der Waals surface area contributed by atoms with Crippen LogP contribution in [0.4, 0.5) is 5.69 Å². The van der Waals surface area contributed by atoms with E-state index >= 15 is 0 Å². The molecule has 2 N–H and O–H groups in total. The zero-order valence-electron chi connectivity index (χ0n) is 9.62. The summed E-state index contributed by atoms with van der Waals surface area (Å²) in [4.78, 5) is 21.2. The molecular formula is C9H14N4O4. The van der Waals surface area contributed by atoms with Gasteiger partial charge in [0, 0.05) is 13.5 Å². The maximum atomic E-state index is 11.0. The van der Waals surface area contributed by atoms with Crippen LogP contribution in [0.1, 0.15) is 24.6 Å². The second-order valence-corrected chi connectivity index (χ2v) is 3.52. The van der Waals surface area contributed by atoms with Crippen LogP contribution in [-0.4, -0.2) is 27.8 Å². The minimum Gasteiger partial charge on any atom is -0.469 e. The molecule has 0 aliphatic heterocycles. The van der Waals surface area contributed by atoms with E-state index in [9.17, 15) is 14.9 Å². The largest absolute Gasteiger partial charge is 0.469 e. The Labute approximate surface area is 97.5 Å². The number of nitro groups is 1. The Kier molecular flexibility index (Phi) is 4.16. The molecule has 94 valence electrons. The highest BCUT2D eigenvalue weighted by atomic mass is 16.6. The number of nitrogens with two attached hydrogens (primary N) is 1. The molecule has 17 heavy (non-hydrogen) atoms. The second kappa shape index (κ2) is 5.39. The summed E-state index contributed by atoms with van der Waals surface area (Å²) in [6, 6.07) is -0.623. The highest BCUT2D eigenvalue weighted by Crippen LogP contribution is 2.25. The van der Waals surface area contributed by atoms with Gasteiger partial charge in [-0.1, -0.05) is 0 Å². The zero-order chi connectivity index (χ0) is 13.0. The van der Waals surface area contributed by atoms with Crippen LogP contribution in [0.25, 0.3) is 0 Å². The van der Waals surface area contributed by atoms with E-state index in [0.29, 0.717) is 5.69 Å². The number of hydrogen-bond donors (Lipinski definition) is 1. The van der Waals surface area contributed by atoms with Crippen molar-refractivity contribution in [1.29, 1.82) is 0 Å². The summed E-state index contributed by atoms with van der Waals surface area (Å²) >= 11 is 0. The van der Waals surface area contributed by atoms with E-state index in [0.717, 1.165) is 6.20 Å². The number of nitrogens with zero attached hydrogens (tertiary/aromatic N) is 3. The lowest BCUT2D eigenvalue weighted by molar-refractivity contribution is -0.385. The maximum absolute atomic E-state index is 11.0. The lowest BCUT2D eigenvalue weighted by atomic mass is 10.1. The lowest BCUT2D eigenvalue weighted by Crippen LogP contribution is -2.17. The van der Waals surface area contributed by atoms with E-state index in [2.05, 4.69) is 9.84 Å². The van der Waals surface area contributed by atoms with Crippen LogP contribution >= 0.6 is 0 Å². The predicted octanol–water partition coefficient (Wildman–Crippen LogP) is 0.281. The minimum absolute atomic E-state index is 0.111. The highest BCUT2D eigenvalue weighted by Gasteiger charge is 2.24. The molecule has 0 fully saturated rings. The molecule has 1 heterocycles. The standard InChI is InChI=1S/C9H14N4O4/c1-12-9(7(5-11-12)13(15)16)6(10)3-4-8(14)17-2/h5-6H,3-4,10H2,1-2H3. The summed E-state index contributed by atoms with van der Waals surface area (Å²) in [5.74, 6) is -0.398. The number of aryl methyl sites for hydroxylation is 1. The van der Waals surface area contributed by atoms with Gasteiger partial charge in [0.1, 0.15) is 11.9 Å². The average molecular weight is 242 g/mol. The summed E-state index contributed by atoms with van der Waals surface area (Å²) in [6.45, 7) is 0. The van der Waals surface area contributed by atoms with Crippen molar-refractivity contribution in [2.75, 3.05) is 7.11 Å². The fraction of sp³-hybridized carbons (Fsp3) is 0.556. The molecule has 0 aliphatic carbocycles. The Hall–Kier alpha value is -1.96. The highest BCUT2D eigenvalue weighted by molar-refractivity contribution is 5.69. The Balaban J connectivity index is 2.81. The molecule has 0 radical (unpaired) electrons. The molecule has 1 unspecified atom stereocenters. The topological polar surface area (TPSA) is 113 Å². The van der Waals surface area contributed by atoms with E-state index in [-0.39, 0.29) is 18.5 Å². The van der Waals surface area contributed by atoms with Crippen LogP contribution in [0.2, 0.25) is 0 Å². The molecule has 8 heteroatoms. The van der Waals surface area contributed by atoms with Crippen molar-refractivity contribution in [3.8, 4) is 0 Å². The fourth-order valence-corrected chi connectivity index (χ4v) is 1.52. The van der Waals surface area contributed by atoms with Crippen molar-refractivity contribution in [3.05, 3.63) is 22.0 Å². The van der Waals surface area contributed by atoms with Crippen LogP contribution in [0.3, 0.4) is 0 Å². The van der Waals surface area contributed by atoms with Crippen molar-refractivity contribution in [3.63, 3.8) is 0 Å². The smallest absolute Gasteiger partial charge is 0.311 e. The molecular weight excluding hydrogens is 228 g/mol. The SMILES string of the molecule is COC(=O)CCC(N)c1c([N+](=O)[O-])cnn1C. The van der Waals surface area contributed by atoms with Gasteiger partial charge in [-0.25, -0.2) is 0 Å². The van der Waals surface area contributed by atoms with Crippen molar-refractivity contribution in [2.45, 2.75) is 18.9 Å². The molecule has 8 nitrogen and oxygen atoms in total. The summed E-state index contributed by atoms with van der Waals surface area (Å²) in [6.07, 6.45) is 1.53. The second-order valence-electron chi connectivity index (χ2n) is 3.52. The van der Waals surface area contributed by atoms with Crippen LogP contribution < -0.4 is 5.73 Å². The van der Waals surface area contributed by atoms with E-state index in [1.165, 1.54) is 11.8 Å². The minimum atomic E-state index is -0.623. The van der Waals surface area contributed by atoms with Gasteiger partial charge in [-0.15, -0.1) is 0 Å². The number of esters is 1. The monoisotopic (exact) mass is 242 g/mol. The van der Waals surface area contributed by atoms with Gasteiger partial charge < -0.3 is 10.5 Å². The predicted molar refractivity (Wildman–Crippen MR) is 58.0 cm³/mol. The summed E-state index contributed by atoms with van der Waals surface area (Å²) < 4.78 is 5.82. The Morgan fingerprint density at radius 1 is 1.76 bits per heavy atom. The Bertz CT molecular complexity index is 429. The molecule has 1 rings (SSSR count). The van der Waals surface area contributed by atoms with Crippen LogP contribution in [0, 0.1) is 10.1 Å². The van der Waals surface area contributed by atoms with Crippen LogP contribution in [0.5, 0.6) is 0 Å². The summed E-state index contributed by atoms with van der Waals surface area (Å²) in [5.41, 5.74) is 5.98. The summed E-state index contributed by atoms with van der Waals surface area (Å²) in [7, 11) is 2.85. The van der Waals surface area contributed by atoms with E-state index in [1.54, 1.807) is 7.05 Å². The summed E-state index contributed by atoms with van der Waals surface area (Å²) in [5, 5.41) is 14.5. The Morgan fingerprint density at radius 3 is 2.94 bits per heavy atom. The number of carbonyl (C=O) groups is 1. The van der Waals surface area contributed by atoms with Gasteiger partial charge in [0.2, 0.25) is 0 Å². The van der Waals surface area contributed by atoms with Gasteiger partial charge in [0.05, 0.1) is 18.1 Å². The van der Waals surface area contributed by atoms with Gasteiger partial charge in [0.15, 0.2) is 0 Å². The quantitative estimate of drug-likeness (QED) is 0.450. The normalized spacial score (nSPS) is 12.2. The zero-order valence-corrected chi connectivity index (χ0v) is 9.62. The number of rotatable bonds is 5. The van der Waals surface area contributed by atoms with Crippen molar-refractivity contribution < 1.29 is 14.5 Å². The van der Waals surface area contributed by atoms with E-state index < -0.39 is 16.9 Å². The molecule has 0 amide bonds. The molecule has 0 bridgehead atoms. The van der Waals surface area contributed by atoms with Gasteiger partial charge in [0.25, 0.3) is 0 Å². The number of carbonyl (C=O) groups excluding carboxylic acids is 1. The fourth-order valence-electron chi connectivity index (χ4n) is 1.52. The van der Waals surface area contributed by atoms with Crippen molar-refractivity contribution in [1.82, 2.24) is 9.78 Å². The number of ether oxygens (including phenoxy) is 1. The number of aromatic nitrogens is 2. The van der Waals surface area contributed by atoms with Gasteiger partial charge in [-0.3, -0.25) is 19.6 Å². The molecule has 1 aromatic rings. The average Bonchev–Trinajstić information content (AvgIpc) is 2.67. The lowest BCUT2D eigenvalue weighted by Gasteiger charge is -2.10. The molecule has 1 aromatic heterocycles. The van der Waals surface area contributed by atoms with Crippen LogP contribution in [-0.2, 0) is 16.6 Å². The molecule has 0 saturated carbocycles. The van der Waals surface area contributed by atoms with Gasteiger partial charge >= 0.3 is 11.7 Å². The molecule has 1 atom stereocenters. The third kappa shape index (κ3) is 3.00. The van der Waals surface area contributed by atoms with Crippen LogP contribution in [0.15, 0.2) is 6.20 Å². The van der Waals surface area contributed by atoms with Crippen molar-refractivity contribution >= 4 is 11.7 Å². The van der Waals surface area contributed by atoms with Gasteiger partial charge in [-0.2, -0.15) is 5.10 Å². The first kappa shape index (κ1) is 13.1. The third-order valence-electron chi connectivity index (χ3n) is 2.40. The van der Waals surface area contributed by atoms with Crippen molar-refractivity contribution in [2.24, 2.45) is 12.8 Å². The first-order valence-corrected chi connectivity index (χ1v) is 4.96. The molecule has 0 aromatic carbocycles. The molecule has 0 aliphatic rings. The van der Waals surface area contributed by atoms with Gasteiger partial charge in [-0.05, 0) is 6.42 Å². The molecule has 0 spiro atoms. The molecule has 0 saturated heterocycles. The maximum Gasteiger partial charge on any atom is 0.311 e. The number of hydrogen-bond acceptors (Lipinski definition) is 6. The third-order valence-corrected chi connectivity index (χ3v) is 2.40. The Morgan fingerprint density at radius 2 is 2.41 bits per heavy atom. The van der Waals surface area contributed by atoms with E-state index in [1.807, 2.05) is 0 Å².